The third-order valence-corrected chi connectivity index (χ3v) is 3.00. The zero-order valence-electron chi connectivity index (χ0n) is 12.9. The maximum Gasteiger partial charge on any atom is 0.290 e. The SMILES string of the molecule is Cc1ccc(-c2cc(N)c(=O)n(CC(=O)NCC(C)C)n2)o1. The van der Waals surface area contributed by atoms with Crippen molar-refractivity contribution in [2.75, 3.05) is 12.3 Å². The number of carbonyl (C=O) groups is 1. The molecule has 0 aromatic carbocycles. The number of aromatic nitrogens is 2. The highest BCUT2D eigenvalue weighted by atomic mass is 16.3. The molecule has 0 saturated heterocycles. The van der Waals surface area contributed by atoms with E-state index in [2.05, 4.69) is 10.4 Å². The van der Waals surface area contributed by atoms with Crippen molar-refractivity contribution < 1.29 is 9.21 Å². The standard InChI is InChI=1S/C15H20N4O3/c1-9(2)7-17-14(20)8-19-15(21)11(16)6-12(18-19)13-5-4-10(3)22-13/h4-6,9H,7-8,16H2,1-3H3,(H,17,20). The summed E-state index contributed by atoms with van der Waals surface area (Å²) < 4.78 is 6.52. The Morgan fingerprint density at radius 1 is 1.45 bits per heavy atom. The van der Waals surface area contributed by atoms with Gasteiger partial charge in [0.25, 0.3) is 5.56 Å². The monoisotopic (exact) mass is 304 g/mol. The van der Waals surface area contributed by atoms with Crippen molar-refractivity contribution in [3.8, 4) is 11.5 Å². The molecule has 0 unspecified atom stereocenters. The van der Waals surface area contributed by atoms with E-state index in [1.807, 2.05) is 20.8 Å². The van der Waals surface area contributed by atoms with E-state index in [1.165, 1.54) is 6.07 Å². The fourth-order valence-corrected chi connectivity index (χ4v) is 1.87. The summed E-state index contributed by atoms with van der Waals surface area (Å²) in [7, 11) is 0. The fraction of sp³-hybridized carbons (Fsp3) is 0.400. The molecule has 22 heavy (non-hydrogen) atoms. The highest BCUT2D eigenvalue weighted by Gasteiger charge is 2.13. The van der Waals surface area contributed by atoms with Crippen LogP contribution in [0.5, 0.6) is 0 Å². The summed E-state index contributed by atoms with van der Waals surface area (Å²) in [6.07, 6.45) is 0. The largest absolute Gasteiger partial charge is 0.460 e. The van der Waals surface area contributed by atoms with Crippen LogP contribution in [0.2, 0.25) is 0 Å². The van der Waals surface area contributed by atoms with Crippen molar-refractivity contribution in [1.82, 2.24) is 15.1 Å². The molecule has 3 N–H and O–H groups in total. The number of aryl methyl sites for hydroxylation is 1. The molecule has 0 aliphatic heterocycles. The van der Waals surface area contributed by atoms with Gasteiger partial charge in [0.05, 0.1) is 0 Å². The van der Waals surface area contributed by atoms with E-state index in [9.17, 15) is 9.59 Å². The van der Waals surface area contributed by atoms with Crippen LogP contribution in [0, 0.1) is 12.8 Å². The lowest BCUT2D eigenvalue weighted by Crippen LogP contribution is -2.36. The van der Waals surface area contributed by atoms with E-state index in [-0.39, 0.29) is 18.1 Å². The minimum absolute atomic E-state index is 0.0238. The van der Waals surface area contributed by atoms with Gasteiger partial charge in [0.15, 0.2) is 5.76 Å². The molecular weight excluding hydrogens is 284 g/mol. The molecule has 2 heterocycles. The second-order valence-electron chi connectivity index (χ2n) is 5.56. The summed E-state index contributed by atoms with van der Waals surface area (Å²) in [6, 6.07) is 4.98. The van der Waals surface area contributed by atoms with Crippen LogP contribution >= 0.6 is 0 Å². The Hall–Kier alpha value is -2.57. The van der Waals surface area contributed by atoms with Gasteiger partial charge in [0.2, 0.25) is 5.91 Å². The van der Waals surface area contributed by atoms with Gasteiger partial charge in [-0.05, 0) is 31.0 Å². The number of amides is 1. The third-order valence-electron chi connectivity index (χ3n) is 3.00. The molecule has 0 fully saturated rings. The summed E-state index contributed by atoms with van der Waals surface area (Å²) in [5.41, 5.74) is 5.67. The van der Waals surface area contributed by atoms with Gasteiger partial charge in [-0.25, -0.2) is 4.68 Å². The molecule has 7 heteroatoms. The van der Waals surface area contributed by atoms with Crippen molar-refractivity contribution in [2.45, 2.75) is 27.3 Å². The topological polar surface area (TPSA) is 103 Å². The van der Waals surface area contributed by atoms with E-state index in [4.69, 9.17) is 10.2 Å². The molecule has 7 nitrogen and oxygen atoms in total. The predicted octanol–water partition coefficient (Wildman–Crippen LogP) is 1.17. The smallest absolute Gasteiger partial charge is 0.290 e. The number of anilines is 1. The Labute approximate surface area is 128 Å². The molecule has 2 aromatic rings. The Morgan fingerprint density at radius 3 is 2.77 bits per heavy atom. The Morgan fingerprint density at radius 2 is 2.18 bits per heavy atom. The van der Waals surface area contributed by atoms with Crippen LogP contribution in [0.3, 0.4) is 0 Å². The maximum atomic E-state index is 12.0. The minimum Gasteiger partial charge on any atom is -0.460 e. The lowest BCUT2D eigenvalue weighted by atomic mass is 10.2. The van der Waals surface area contributed by atoms with E-state index in [1.54, 1.807) is 12.1 Å². The van der Waals surface area contributed by atoms with Crippen LogP contribution in [0.4, 0.5) is 5.69 Å². The summed E-state index contributed by atoms with van der Waals surface area (Å²) in [6.45, 7) is 6.15. The average Bonchev–Trinajstić information content (AvgIpc) is 2.88. The number of furan rings is 1. The number of carbonyl (C=O) groups excluding carboxylic acids is 1. The summed E-state index contributed by atoms with van der Waals surface area (Å²) in [5.74, 6) is 1.27. The first-order valence-electron chi connectivity index (χ1n) is 7.08. The van der Waals surface area contributed by atoms with Gasteiger partial charge in [-0.15, -0.1) is 0 Å². The zero-order valence-corrected chi connectivity index (χ0v) is 12.9. The number of nitrogens with one attached hydrogen (secondary N) is 1. The first-order valence-corrected chi connectivity index (χ1v) is 7.08. The molecule has 118 valence electrons. The molecule has 2 aromatic heterocycles. The fourth-order valence-electron chi connectivity index (χ4n) is 1.87. The van der Waals surface area contributed by atoms with Gasteiger partial charge >= 0.3 is 0 Å². The van der Waals surface area contributed by atoms with Crippen LogP contribution in [0.1, 0.15) is 19.6 Å². The van der Waals surface area contributed by atoms with E-state index in [0.29, 0.717) is 23.9 Å². The molecule has 2 rings (SSSR count). The second kappa shape index (κ2) is 6.46. The van der Waals surface area contributed by atoms with Crippen molar-refractivity contribution in [1.29, 1.82) is 0 Å². The van der Waals surface area contributed by atoms with Gasteiger partial charge in [0, 0.05) is 6.54 Å². The van der Waals surface area contributed by atoms with E-state index < -0.39 is 5.56 Å². The van der Waals surface area contributed by atoms with Crippen molar-refractivity contribution in [2.24, 2.45) is 5.92 Å². The normalized spacial score (nSPS) is 10.9. The maximum absolute atomic E-state index is 12.0. The average molecular weight is 304 g/mol. The second-order valence-corrected chi connectivity index (χ2v) is 5.56. The molecular formula is C15H20N4O3. The number of nitrogens with zero attached hydrogens (tertiary/aromatic N) is 2. The van der Waals surface area contributed by atoms with Crippen LogP contribution < -0.4 is 16.6 Å². The van der Waals surface area contributed by atoms with Crippen LogP contribution in [0.15, 0.2) is 27.4 Å². The van der Waals surface area contributed by atoms with Crippen molar-refractivity contribution in [3.63, 3.8) is 0 Å². The predicted molar refractivity (Wildman–Crippen MR) is 83.2 cm³/mol. The minimum atomic E-state index is -0.494. The van der Waals surface area contributed by atoms with Crippen molar-refractivity contribution >= 4 is 11.6 Å². The third kappa shape index (κ3) is 3.75. The molecule has 1 amide bonds. The Balaban J connectivity index is 2.26. The van der Waals surface area contributed by atoms with Gasteiger partial charge < -0.3 is 15.5 Å². The number of nitrogens with two attached hydrogens (primary N) is 1. The van der Waals surface area contributed by atoms with Gasteiger partial charge in [-0.1, -0.05) is 13.8 Å². The van der Waals surface area contributed by atoms with Crippen LogP contribution in [-0.4, -0.2) is 22.2 Å². The first-order chi connectivity index (χ1) is 10.4. The highest BCUT2D eigenvalue weighted by molar-refractivity contribution is 5.75. The van der Waals surface area contributed by atoms with Gasteiger partial charge in [-0.2, -0.15) is 5.10 Å². The molecule has 0 aliphatic carbocycles. The molecule has 0 spiro atoms. The summed E-state index contributed by atoms with van der Waals surface area (Å²) in [5, 5.41) is 6.89. The van der Waals surface area contributed by atoms with Crippen molar-refractivity contribution in [3.05, 3.63) is 34.3 Å². The molecule has 0 saturated carbocycles. The lowest BCUT2D eigenvalue weighted by Gasteiger charge is -2.10. The molecule has 0 atom stereocenters. The Bertz CT molecular complexity index is 731. The zero-order chi connectivity index (χ0) is 16.3. The van der Waals surface area contributed by atoms with Crippen LogP contribution in [0.25, 0.3) is 11.5 Å². The number of nitrogen functional groups attached to an aromatic ring is 1. The lowest BCUT2D eigenvalue weighted by molar-refractivity contribution is -0.122. The number of hydrogen-bond acceptors (Lipinski definition) is 5. The highest BCUT2D eigenvalue weighted by Crippen LogP contribution is 2.19. The molecule has 0 bridgehead atoms. The summed E-state index contributed by atoms with van der Waals surface area (Å²) >= 11 is 0. The van der Waals surface area contributed by atoms with Gasteiger partial charge in [0.1, 0.15) is 23.7 Å². The molecule has 0 aliphatic rings. The first kappa shape index (κ1) is 15.8. The summed E-state index contributed by atoms with van der Waals surface area (Å²) in [4.78, 5) is 23.9. The number of rotatable bonds is 5. The van der Waals surface area contributed by atoms with Gasteiger partial charge in [-0.3, -0.25) is 9.59 Å². The number of hydrogen-bond donors (Lipinski definition) is 2. The Kier molecular flexibility index (Phi) is 4.65. The van der Waals surface area contributed by atoms with E-state index in [0.717, 1.165) is 10.4 Å². The van der Waals surface area contributed by atoms with E-state index >= 15 is 0 Å². The quantitative estimate of drug-likeness (QED) is 0.863. The van der Waals surface area contributed by atoms with Crippen LogP contribution in [-0.2, 0) is 11.3 Å². The molecule has 0 radical (unpaired) electrons.